The van der Waals surface area contributed by atoms with E-state index >= 15 is 0 Å². The van der Waals surface area contributed by atoms with Crippen LogP contribution in [0.1, 0.15) is 27.9 Å². The van der Waals surface area contributed by atoms with E-state index in [1.165, 1.54) is 16.0 Å². The van der Waals surface area contributed by atoms with Gasteiger partial charge in [-0.15, -0.1) is 0 Å². The van der Waals surface area contributed by atoms with Crippen molar-refractivity contribution in [1.82, 2.24) is 4.98 Å². The molecule has 0 aliphatic heterocycles. The van der Waals surface area contributed by atoms with E-state index in [0.29, 0.717) is 12.1 Å². The molecular weight excluding hydrogens is 342 g/mol. The summed E-state index contributed by atoms with van der Waals surface area (Å²) < 4.78 is 1.13. The molecule has 0 spiro atoms. The van der Waals surface area contributed by atoms with Crippen molar-refractivity contribution in [3.05, 3.63) is 59.2 Å². The highest BCUT2D eigenvalue weighted by atomic mass is 32.1. The number of quaternary nitrogens is 1. The van der Waals surface area contributed by atoms with Gasteiger partial charge in [-0.05, 0) is 43.2 Å². The summed E-state index contributed by atoms with van der Waals surface area (Å²) in [5.74, 6) is 0.0211. The lowest BCUT2D eigenvalue weighted by molar-refractivity contribution is -0.858. The van der Waals surface area contributed by atoms with Gasteiger partial charge in [0.1, 0.15) is 0 Å². The van der Waals surface area contributed by atoms with Gasteiger partial charge in [-0.1, -0.05) is 35.6 Å². The first-order valence-electron chi connectivity index (χ1n) is 9.00. The highest BCUT2D eigenvalue weighted by molar-refractivity contribution is 7.22. The van der Waals surface area contributed by atoms with Gasteiger partial charge in [-0.2, -0.15) is 0 Å². The Hall–Kier alpha value is -2.24. The van der Waals surface area contributed by atoms with Crippen molar-refractivity contribution in [3.63, 3.8) is 0 Å². The average Bonchev–Trinajstić information content (AvgIpc) is 3.06. The maximum absolute atomic E-state index is 13.1. The number of carbonyl (C=O) groups excluding carboxylic acids is 1. The van der Waals surface area contributed by atoms with Gasteiger partial charge in [-0.25, -0.2) is 4.98 Å². The molecule has 0 fully saturated rings. The van der Waals surface area contributed by atoms with Crippen molar-refractivity contribution in [2.75, 3.05) is 32.1 Å². The van der Waals surface area contributed by atoms with Gasteiger partial charge in [-0.3, -0.25) is 9.69 Å². The van der Waals surface area contributed by atoms with Crippen LogP contribution in [0.2, 0.25) is 0 Å². The summed E-state index contributed by atoms with van der Waals surface area (Å²) in [6, 6.07) is 13.7. The number of thiazole rings is 1. The molecule has 0 saturated heterocycles. The number of benzene rings is 2. The number of nitrogens with one attached hydrogen (secondary N) is 1. The number of hydrogen-bond acceptors (Lipinski definition) is 3. The van der Waals surface area contributed by atoms with Crippen molar-refractivity contribution >= 4 is 32.6 Å². The third-order valence-electron chi connectivity index (χ3n) is 4.63. The predicted octanol–water partition coefficient (Wildman–Crippen LogP) is 3.09. The van der Waals surface area contributed by atoms with E-state index in [9.17, 15) is 4.79 Å². The van der Waals surface area contributed by atoms with Crippen LogP contribution in [0.4, 0.5) is 5.13 Å². The second-order valence-corrected chi connectivity index (χ2v) is 7.99. The van der Waals surface area contributed by atoms with E-state index in [4.69, 9.17) is 4.98 Å². The first-order chi connectivity index (χ1) is 12.5. The first kappa shape index (κ1) is 18.5. The van der Waals surface area contributed by atoms with Gasteiger partial charge in [0.05, 0.1) is 30.9 Å². The molecule has 1 N–H and O–H groups in total. The Morgan fingerprint density at radius 2 is 1.85 bits per heavy atom. The number of hydrogen-bond donors (Lipinski definition) is 1. The summed E-state index contributed by atoms with van der Waals surface area (Å²) >= 11 is 1.60. The van der Waals surface area contributed by atoms with Crippen LogP contribution in [0.5, 0.6) is 0 Å². The summed E-state index contributed by atoms with van der Waals surface area (Å²) in [5, 5.41) is 0.788. The van der Waals surface area contributed by atoms with E-state index in [-0.39, 0.29) is 5.91 Å². The molecule has 0 atom stereocenters. The molecule has 0 bridgehead atoms. The van der Waals surface area contributed by atoms with Crippen molar-refractivity contribution in [2.45, 2.75) is 20.3 Å². The monoisotopic (exact) mass is 368 g/mol. The van der Waals surface area contributed by atoms with E-state index in [1.54, 1.807) is 11.3 Å². The quantitative estimate of drug-likeness (QED) is 0.726. The van der Waals surface area contributed by atoms with Crippen molar-refractivity contribution in [1.29, 1.82) is 0 Å². The minimum Gasteiger partial charge on any atom is -0.340 e. The van der Waals surface area contributed by atoms with Crippen LogP contribution < -0.4 is 9.80 Å². The van der Waals surface area contributed by atoms with E-state index in [1.807, 2.05) is 35.2 Å². The van der Waals surface area contributed by atoms with Gasteiger partial charge in [0.25, 0.3) is 5.91 Å². The molecule has 5 heteroatoms. The molecule has 0 aliphatic rings. The van der Waals surface area contributed by atoms with Gasteiger partial charge in [0.15, 0.2) is 5.13 Å². The number of anilines is 1. The summed E-state index contributed by atoms with van der Waals surface area (Å²) in [6.07, 6.45) is 0.939. The van der Waals surface area contributed by atoms with Gasteiger partial charge in [0.2, 0.25) is 0 Å². The Morgan fingerprint density at radius 3 is 2.54 bits per heavy atom. The largest absolute Gasteiger partial charge is 0.340 e. The number of fused-ring (bicyclic) bond motifs is 1. The Labute approximate surface area is 159 Å². The van der Waals surface area contributed by atoms with Crippen LogP contribution in [0.3, 0.4) is 0 Å². The van der Waals surface area contributed by atoms with Crippen molar-refractivity contribution in [2.24, 2.45) is 0 Å². The summed E-state index contributed by atoms with van der Waals surface area (Å²) in [6.45, 7) is 5.89. The molecular formula is C21H26N3OS+. The van der Waals surface area contributed by atoms with Gasteiger partial charge >= 0.3 is 0 Å². The van der Waals surface area contributed by atoms with Crippen molar-refractivity contribution in [3.8, 4) is 0 Å². The van der Waals surface area contributed by atoms with Crippen molar-refractivity contribution < 1.29 is 9.69 Å². The summed E-state index contributed by atoms with van der Waals surface area (Å²) in [5.41, 5.74) is 4.13. The molecule has 1 amide bonds. The Kier molecular flexibility index (Phi) is 5.69. The minimum atomic E-state index is 0.0211. The van der Waals surface area contributed by atoms with Crippen LogP contribution in [-0.4, -0.2) is 38.1 Å². The Balaban J connectivity index is 1.97. The van der Waals surface area contributed by atoms with E-state index < -0.39 is 0 Å². The number of amides is 1. The molecule has 0 aliphatic carbocycles. The zero-order chi connectivity index (χ0) is 18.7. The Bertz CT molecular complexity index is 902. The smallest absolute Gasteiger partial charge is 0.260 e. The fourth-order valence-electron chi connectivity index (χ4n) is 2.94. The van der Waals surface area contributed by atoms with E-state index in [0.717, 1.165) is 28.3 Å². The molecule has 4 nitrogen and oxygen atoms in total. The molecule has 2 aromatic carbocycles. The standard InChI is InChI=1S/C21H25N3OS/c1-15-11-12-18-19(16(15)2)22-21(26-18)24(14-8-13-23(3)4)20(25)17-9-6-5-7-10-17/h5-7,9-12H,8,13-14H2,1-4H3/p+1. The highest BCUT2D eigenvalue weighted by Crippen LogP contribution is 2.32. The second-order valence-electron chi connectivity index (χ2n) is 6.98. The fourth-order valence-corrected chi connectivity index (χ4v) is 3.99. The van der Waals surface area contributed by atoms with Crippen LogP contribution in [0.15, 0.2) is 42.5 Å². The molecule has 0 saturated carbocycles. The molecule has 1 aromatic heterocycles. The number of aromatic nitrogens is 1. The third-order valence-corrected chi connectivity index (χ3v) is 5.67. The minimum absolute atomic E-state index is 0.0211. The molecule has 0 unspecified atom stereocenters. The Morgan fingerprint density at radius 1 is 1.12 bits per heavy atom. The number of rotatable bonds is 6. The van der Waals surface area contributed by atoms with Crippen LogP contribution in [0, 0.1) is 13.8 Å². The van der Waals surface area contributed by atoms with Crippen LogP contribution >= 0.6 is 11.3 Å². The lowest BCUT2D eigenvalue weighted by Crippen LogP contribution is -3.05. The maximum Gasteiger partial charge on any atom is 0.260 e. The zero-order valence-electron chi connectivity index (χ0n) is 15.9. The molecule has 26 heavy (non-hydrogen) atoms. The first-order valence-corrected chi connectivity index (χ1v) is 9.81. The fraction of sp³-hybridized carbons (Fsp3) is 0.333. The molecule has 3 rings (SSSR count). The second kappa shape index (κ2) is 7.98. The lowest BCUT2D eigenvalue weighted by atomic mass is 10.1. The van der Waals surface area contributed by atoms with Crippen LogP contribution in [-0.2, 0) is 0 Å². The summed E-state index contributed by atoms with van der Waals surface area (Å²) in [4.78, 5) is 21.2. The molecule has 136 valence electrons. The molecule has 3 aromatic rings. The van der Waals surface area contributed by atoms with Gasteiger partial charge < -0.3 is 4.90 Å². The van der Waals surface area contributed by atoms with Gasteiger partial charge in [0, 0.05) is 18.5 Å². The predicted molar refractivity (Wildman–Crippen MR) is 110 cm³/mol. The summed E-state index contributed by atoms with van der Waals surface area (Å²) in [7, 11) is 4.26. The topological polar surface area (TPSA) is 37.6 Å². The third kappa shape index (κ3) is 3.94. The maximum atomic E-state index is 13.1. The highest BCUT2D eigenvalue weighted by Gasteiger charge is 2.22. The SMILES string of the molecule is Cc1ccc2sc(N(CCC[NH+](C)C)C(=O)c3ccccc3)nc2c1C. The molecule has 1 heterocycles. The number of aryl methyl sites for hydroxylation is 2. The number of carbonyl (C=O) groups is 1. The normalized spacial score (nSPS) is 11.3. The number of nitrogens with zero attached hydrogens (tertiary/aromatic N) is 2. The lowest BCUT2D eigenvalue weighted by Gasteiger charge is -2.20. The average molecular weight is 369 g/mol. The van der Waals surface area contributed by atoms with Crippen LogP contribution in [0.25, 0.3) is 10.2 Å². The van der Waals surface area contributed by atoms with E-state index in [2.05, 4.69) is 40.1 Å². The molecule has 0 radical (unpaired) electrons. The zero-order valence-corrected chi connectivity index (χ0v) is 16.7.